The normalized spacial score (nSPS) is 20.9. The van der Waals surface area contributed by atoms with E-state index >= 15 is 0 Å². The molecule has 1 aliphatic heterocycles. The average molecular weight is 302 g/mol. The molecule has 0 bridgehead atoms. The Balaban J connectivity index is 2.23. The van der Waals surface area contributed by atoms with Crippen molar-refractivity contribution < 1.29 is 13.5 Å². The third-order valence-electron chi connectivity index (χ3n) is 3.92. The number of nitrogens with one attached hydrogen (secondary N) is 1. The van der Waals surface area contributed by atoms with Crippen LogP contribution < -0.4 is 0 Å². The van der Waals surface area contributed by atoms with Crippen LogP contribution in [0.1, 0.15) is 24.2 Å². The summed E-state index contributed by atoms with van der Waals surface area (Å²) in [5, 5.41) is 15.7. The van der Waals surface area contributed by atoms with Crippen LogP contribution in [0.4, 0.5) is 0 Å². The predicted molar refractivity (Wildman–Crippen MR) is 74.7 cm³/mol. The number of hydrogen-bond donors (Lipinski definition) is 2. The van der Waals surface area contributed by atoms with Gasteiger partial charge >= 0.3 is 0 Å². The van der Waals surface area contributed by atoms with Gasteiger partial charge < -0.3 is 10.0 Å². The van der Waals surface area contributed by atoms with Gasteiger partial charge in [-0.25, -0.2) is 8.42 Å². The number of aliphatic hydroxyl groups is 1. The standard InChI is InChI=1S/C12H22N4O3S/c1-9-12(11(8-17)14-13-9)20(18,19)16(3)7-10-5-4-6-15(10)2/h10,17H,4-8H2,1-3H3,(H,13,14). The van der Waals surface area contributed by atoms with Crippen molar-refractivity contribution in [3.63, 3.8) is 0 Å². The number of aromatic nitrogens is 2. The molecule has 1 aromatic heterocycles. The second kappa shape index (κ2) is 5.80. The maximum Gasteiger partial charge on any atom is 0.246 e. The van der Waals surface area contributed by atoms with E-state index in [2.05, 4.69) is 15.1 Å². The Morgan fingerprint density at radius 3 is 2.80 bits per heavy atom. The van der Waals surface area contributed by atoms with E-state index in [-0.39, 0.29) is 16.6 Å². The minimum absolute atomic E-state index is 0.100. The van der Waals surface area contributed by atoms with Gasteiger partial charge in [-0.15, -0.1) is 0 Å². The van der Waals surface area contributed by atoms with Gasteiger partial charge in [0.05, 0.1) is 12.3 Å². The van der Waals surface area contributed by atoms with E-state index in [1.165, 1.54) is 4.31 Å². The number of rotatable bonds is 5. The minimum Gasteiger partial charge on any atom is -0.390 e. The van der Waals surface area contributed by atoms with E-state index in [0.717, 1.165) is 19.4 Å². The molecule has 1 atom stereocenters. The lowest BCUT2D eigenvalue weighted by atomic mass is 10.2. The van der Waals surface area contributed by atoms with Gasteiger partial charge in [0, 0.05) is 19.6 Å². The molecule has 20 heavy (non-hydrogen) atoms. The number of likely N-dealkylation sites (tertiary alicyclic amines) is 1. The summed E-state index contributed by atoms with van der Waals surface area (Å²) in [6, 6.07) is 0.250. The summed E-state index contributed by atoms with van der Waals surface area (Å²) < 4.78 is 26.6. The van der Waals surface area contributed by atoms with Crippen molar-refractivity contribution in [2.75, 3.05) is 27.2 Å². The van der Waals surface area contributed by atoms with Crippen LogP contribution in [0.15, 0.2) is 4.90 Å². The van der Waals surface area contributed by atoms with Crippen LogP contribution in [-0.2, 0) is 16.6 Å². The molecule has 0 saturated carbocycles. The molecule has 1 aromatic rings. The van der Waals surface area contributed by atoms with Crippen molar-refractivity contribution in [2.45, 2.75) is 37.3 Å². The van der Waals surface area contributed by atoms with Gasteiger partial charge in [-0.3, -0.25) is 5.10 Å². The number of sulfonamides is 1. The highest BCUT2D eigenvalue weighted by Gasteiger charge is 2.31. The average Bonchev–Trinajstić information content (AvgIpc) is 2.96. The van der Waals surface area contributed by atoms with Crippen molar-refractivity contribution in [1.82, 2.24) is 19.4 Å². The number of aryl methyl sites for hydroxylation is 1. The molecule has 1 fully saturated rings. The molecule has 0 aliphatic carbocycles. The lowest BCUT2D eigenvalue weighted by molar-refractivity contribution is 0.267. The first-order valence-corrected chi connectivity index (χ1v) is 8.13. The highest BCUT2D eigenvalue weighted by molar-refractivity contribution is 7.89. The summed E-state index contributed by atoms with van der Waals surface area (Å²) in [6.07, 6.45) is 2.11. The lowest BCUT2D eigenvalue weighted by Crippen LogP contribution is -2.39. The minimum atomic E-state index is -3.63. The quantitative estimate of drug-likeness (QED) is 0.794. The first kappa shape index (κ1) is 15.4. The molecule has 0 amide bonds. The molecular weight excluding hydrogens is 280 g/mol. The largest absolute Gasteiger partial charge is 0.390 e. The van der Waals surface area contributed by atoms with E-state index < -0.39 is 16.6 Å². The van der Waals surface area contributed by atoms with E-state index in [9.17, 15) is 13.5 Å². The molecular formula is C12H22N4O3S. The Labute approximate surface area is 119 Å². The fraction of sp³-hybridized carbons (Fsp3) is 0.750. The van der Waals surface area contributed by atoms with Crippen LogP contribution in [-0.4, -0.2) is 66.2 Å². The van der Waals surface area contributed by atoms with E-state index in [0.29, 0.717) is 12.2 Å². The zero-order valence-corrected chi connectivity index (χ0v) is 12.9. The Morgan fingerprint density at radius 1 is 1.55 bits per heavy atom. The van der Waals surface area contributed by atoms with Crippen LogP contribution in [0.3, 0.4) is 0 Å². The molecule has 1 aliphatic rings. The fourth-order valence-electron chi connectivity index (χ4n) is 2.68. The first-order valence-electron chi connectivity index (χ1n) is 6.69. The number of likely N-dealkylation sites (N-methyl/N-ethyl adjacent to an activating group) is 2. The van der Waals surface area contributed by atoms with Crippen molar-refractivity contribution in [3.05, 3.63) is 11.4 Å². The second-order valence-electron chi connectivity index (χ2n) is 5.34. The molecule has 2 rings (SSSR count). The van der Waals surface area contributed by atoms with Crippen LogP contribution >= 0.6 is 0 Å². The summed E-state index contributed by atoms with van der Waals surface area (Å²) in [7, 11) is -0.0343. The van der Waals surface area contributed by atoms with E-state index in [1.54, 1.807) is 14.0 Å². The molecule has 8 heteroatoms. The Morgan fingerprint density at radius 2 is 2.25 bits per heavy atom. The smallest absolute Gasteiger partial charge is 0.246 e. The van der Waals surface area contributed by atoms with Crippen LogP contribution in [0.5, 0.6) is 0 Å². The summed E-state index contributed by atoms with van der Waals surface area (Å²) in [5.74, 6) is 0. The maximum absolute atomic E-state index is 12.6. The molecule has 0 aromatic carbocycles. The van der Waals surface area contributed by atoms with E-state index in [1.807, 2.05) is 7.05 Å². The highest BCUT2D eigenvalue weighted by Crippen LogP contribution is 2.23. The topological polar surface area (TPSA) is 89.5 Å². The SMILES string of the molecule is Cc1[nH]nc(CO)c1S(=O)(=O)N(C)CC1CCCN1C. The third-order valence-corrected chi connectivity index (χ3v) is 5.95. The Kier molecular flexibility index (Phi) is 4.48. The number of H-pyrrole nitrogens is 1. The van der Waals surface area contributed by atoms with Crippen molar-refractivity contribution in [2.24, 2.45) is 0 Å². The van der Waals surface area contributed by atoms with Gasteiger partial charge in [0.2, 0.25) is 10.0 Å². The van der Waals surface area contributed by atoms with Crippen molar-refractivity contribution >= 4 is 10.0 Å². The summed E-state index contributed by atoms with van der Waals surface area (Å²) in [4.78, 5) is 2.28. The first-order chi connectivity index (χ1) is 9.37. The highest BCUT2D eigenvalue weighted by atomic mass is 32.2. The van der Waals surface area contributed by atoms with E-state index in [4.69, 9.17) is 0 Å². The number of aromatic amines is 1. The molecule has 1 unspecified atom stereocenters. The van der Waals surface area contributed by atoms with Crippen LogP contribution in [0.2, 0.25) is 0 Å². The van der Waals surface area contributed by atoms with Gasteiger partial charge in [-0.05, 0) is 33.4 Å². The summed E-state index contributed by atoms with van der Waals surface area (Å²) in [5.41, 5.74) is 0.634. The monoisotopic (exact) mass is 302 g/mol. The van der Waals surface area contributed by atoms with Gasteiger partial charge in [-0.2, -0.15) is 9.40 Å². The van der Waals surface area contributed by atoms with Gasteiger partial charge in [0.15, 0.2) is 0 Å². The maximum atomic E-state index is 12.6. The van der Waals surface area contributed by atoms with Crippen LogP contribution in [0, 0.1) is 6.92 Å². The van der Waals surface area contributed by atoms with Crippen molar-refractivity contribution in [1.29, 1.82) is 0 Å². The van der Waals surface area contributed by atoms with Gasteiger partial charge in [0.1, 0.15) is 10.6 Å². The number of hydrogen-bond acceptors (Lipinski definition) is 5. The third kappa shape index (κ3) is 2.73. The van der Waals surface area contributed by atoms with Gasteiger partial charge in [0.25, 0.3) is 0 Å². The zero-order valence-electron chi connectivity index (χ0n) is 12.1. The molecule has 114 valence electrons. The molecule has 2 N–H and O–H groups in total. The molecule has 0 radical (unpaired) electrons. The molecule has 1 saturated heterocycles. The molecule has 2 heterocycles. The van der Waals surface area contributed by atoms with Crippen LogP contribution in [0.25, 0.3) is 0 Å². The Hall–Kier alpha value is -0.960. The number of nitrogens with zero attached hydrogens (tertiary/aromatic N) is 3. The lowest BCUT2D eigenvalue weighted by Gasteiger charge is -2.25. The molecule has 7 nitrogen and oxygen atoms in total. The Bertz CT molecular complexity index is 569. The zero-order chi connectivity index (χ0) is 14.9. The fourth-order valence-corrected chi connectivity index (χ4v) is 4.20. The molecule has 0 spiro atoms. The summed E-state index contributed by atoms with van der Waals surface area (Å²) >= 11 is 0. The van der Waals surface area contributed by atoms with Gasteiger partial charge in [-0.1, -0.05) is 0 Å². The summed E-state index contributed by atoms with van der Waals surface area (Å²) in [6.45, 7) is 2.71. The number of aliphatic hydroxyl groups excluding tert-OH is 1. The second-order valence-corrected chi connectivity index (χ2v) is 7.33. The van der Waals surface area contributed by atoms with Crippen molar-refractivity contribution in [3.8, 4) is 0 Å². The predicted octanol–water partition coefficient (Wildman–Crippen LogP) is -0.0749.